The second-order valence-corrected chi connectivity index (χ2v) is 8.77. The summed E-state index contributed by atoms with van der Waals surface area (Å²) in [6, 6.07) is 30.1. The highest BCUT2D eigenvalue weighted by atomic mass is 31.2. The van der Waals surface area contributed by atoms with E-state index >= 15 is 0 Å². The second-order valence-electron chi connectivity index (χ2n) is 6.93. The lowest BCUT2D eigenvalue weighted by atomic mass is 10.1. The Morgan fingerprint density at radius 2 is 1.19 bits per heavy atom. The first-order valence-corrected chi connectivity index (χ1v) is 11.2. The molecule has 0 aliphatic rings. The molecule has 0 fully saturated rings. The van der Waals surface area contributed by atoms with Crippen LogP contribution in [-0.2, 0) is 4.57 Å². The molecule has 5 rings (SSSR count). The molecule has 0 amide bonds. The summed E-state index contributed by atoms with van der Waals surface area (Å²) in [5, 5.41) is 2.20. The van der Waals surface area contributed by atoms with Crippen molar-refractivity contribution in [1.29, 1.82) is 0 Å². The van der Waals surface area contributed by atoms with E-state index in [0.29, 0.717) is 22.5 Å². The molecular formula is C25H17O5P. The maximum absolute atomic E-state index is 14.0. The van der Waals surface area contributed by atoms with E-state index < -0.39 is 13.2 Å². The van der Waals surface area contributed by atoms with Gasteiger partial charge in [-0.3, -0.25) is 0 Å². The van der Waals surface area contributed by atoms with E-state index in [-0.39, 0.29) is 5.30 Å². The number of para-hydroxylation sites is 2. The average Bonchev–Trinajstić information content (AvgIpc) is 2.80. The standard InChI is InChI=1S/C25H17O5P/c26-25-23(17-19-16-15-18-9-7-8-14-22(18)24(19)28-25)31(27,29-20-10-3-1-4-11-20)30-21-12-5-2-6-13-21/h1-17H. The molecule has 0 aliphatic carbocycles. The van der Waals surface area contributed by atoms with Crippen LogP contribution in [-0.4, -0.2) is 0 Å². The van der Waals surface area contributed by atoms with Crippen molar-refractivity contribution >= 4 is 34.6 Å². The summed E-state index contributed by atoms with van der Waals surface area (Å²) in [4.78, 5) is 13.0. The monoisotopic (exact) mass is 428 g/mol. The normalized spacial score (nSPS) is 11.5. The Labute approximate surface area is 178 Å². The van der Waals surface area contributed by atoms with Crippen molar-refractivity contribution < 1.29 is 18.0 Å². The topological polar surface area (TPSA) is 65.7 Å². The van der Waals surface area contributed by atoms with Gasteiger partial charge in [-0.15, -0.1) is 0 Å². The van der Waals surface area contributed by atoms with Crippen molar-refractivity contribution in [3.8, 4) is 11.5 Å². The summed E-state index contributed by atoms with van der Waals surface area (Å²) < 4.78 is 31.2. The zero-order valence-electron chi connectivity index (χ0n) is 16.3. The van der Waals surface area contributed by atoms with Gasteiger partial charge in [0.15, 0.2) is 5.30 Å². The lowest BCUT2D eigenvalue weighted by Gasteiger charge is -2.19. The van der Waals surface area contributed by atoms with Gasteiger partial charge in [-0.1, -0.05) is 72.8 Å². The highest BCUT2D eigenvalue weighted by Gasteiger charge is 2.36. The first-order chi connectivity index (χ1) is 15.1. The minimum Gasteiger partial charge on any atom is -0.421 e. The average molecular weight is 428 g/mol. The Morgan fingerprint density at radius 1 is 0.645 bits per heavy atom. The van der Waals surface area contributed by atoms with Crippen LogP contribution in [0.5, 0.6) is 11.5 Å². The van der Waals surface area contributed by atoms with Crippen molar-refractivity contribution in [3.05, 3.63) is 114 Å². The van der Waals surface area contributed by atoms with Gasteiger partial charge in [-0.05, 0) is 35.7 Å². The lowest BCUT2D eigenvalue weighted by molar-refractivity contribution is 0.397. The summed E-state index contributed by atoms with van der Waals surface area (Å²) in [5.41, 5.74) is -0.336. The van der Waals surface area contributed by atoms with Crippen LogP contribution in [0.1, 0.15) is 0 Å². The van der Waals surface area contributed by atoms with Crippen molar-refractivity contribution in [1.82, 2.24) is 0 Å². The smallest absolute Gasteiger partial charge is 0.421 e. The molecule has 0 bridgehead atoms. The van der Waals surface area contributed by atoms with Gasteiger partial charge in [-0.25, -0.2) is 9.36 Å². The van der Waals surface area contributed by atoms with Gasteiger partial charge in [-0.2, -0.15) is 0 Å². The Morgan fingerprint density at radius 3 is 1.84 bits per heavy atom. The van der Waals surface area contributed by atoms with Gasteiger partial charge in [0.2, 0.25) is 0 Å². The molecule has 0 saturated carbocycles. The molecule has 152 valence electrons. The van der Waals surface area contributed by atoms with Gasteiger partial charge >= 0.3 is 13.2 Å². The molecule has 1 aromatic heterocycles. The molecule has 0 N–H and O–H groups in total. The molecule has 0 aliphatic heterocycles. The minimum atomic E-state index is -4.12. The van der Waals surface area contributed by atoms with E-state index in [0.717, 1.165) is 10.8 Å². The first-order valence-electron chi connectivity index (χ1n) is 9.68. The third kappa shape index (κ3) is 3.72. The van der Waals surface area contributed by atoms with Crippen LogP contribution >= 0.6 is 7.60 Å². The Bertz CT molecular complexity index is 1430. The van der Waals surface area contributed by atoms with Gasteiger partial charge in [0.25, 0.3) is 0 Å². The van der Waals surface area contributed by atoms with Gasteiger partial charge in [0.1, 0.15) is 17.1 Å². The fourth-order valence-electron chi connectivity index (χ4n) is 3.39. The fourth-order valence-corrected chi connectivity index (χ4v) is 4.99. The molecule has 0 saturated heterocycles. The van der Waals surface area contributed by atoms with Crippen LogP contribution in [0.2, 0.25) is 0 Å². The molecular weight excluding hydrogens is 411 g/mol. The number of rotatable bonds is 5. The minimum absolute atomic E-state index is 0.164. The van der Waals surface area contributed by atoms with Crippen molar-refractivity contribution in [2.45, 2.75) is 0 Å². The molecule has 4 aromatic carbocycles. The number of benzene rings is 4. The Hall–Kier alpha value is -3.82. The van der Waals surface area contributed by atoms with E-state index in [9.17, 15) is 9.36 Å². The van der Waals surface area contributed by atoms with Gasteiger partial charge in [0.05, 0.1) is 0 Å². The number of fused-ring (bicyclic) bond motifs is 3. The summed E-state index contributed by atoms with van der Waals surface area (Å²) in [7, 11) is -4.12. The Balaban J connectivity index is 1.69. The molecule has 0 unspecified atom stereocenters. The summed E-state index contributed by atoms with van der Waals surface area (Å²) >= 11 is 0. The molecule has 5 aromatic rings. The van der Waals surface area contributed by atoms with Crippen LogP contribution in [0.4, 0.5) is 0 Å². The molecule has 31 heavy (non-hydrogen) atoms. The molecule has 1 heterocycles. The highest BCUT2D eigenvalue weighted by molar-refractivity contribution is 7.63. The zero-order chi connectivity index (χ0) is 21.3. The fraction of sp³-hybridized carbons (Fsp3) is 0. The Kier molecular flexibility index (Phi) is 4.81. The molecule has 0 radical (unpaired) electrons. The van der Waals surface area contributed by atoms with Crippen LogP contribution in [0.25, 0.3) is 21.7 Å². The quantitative estimate of drug-likeness (QED) is 0.197. The molecule has 5 nitrogen and oxygen atoms in total. The van der Waals surface area contributed by atoms with Gasteiger partial charge < -0.3 is 13.5 Å². The van der Waals surface area contributed by atoms with E-state index in [1.54, 1.807) is 48.5 Å². The maximum Gasteiger partial charge on any atom is 0.470 e. The third-order valence-electron chi connectivity index (χ3n) is 4.84. The van der Waals surface area contributed by atoms with Crippen LogP contribution in [0.15, 0.2) is 112 Å². The SMILES string of the molecule is O=c1oc2c(ccc3ccccc32)cc1P(=O)(Oc1ccccc1)Oc1ccccc1. The van der Waals surface area contributed by atoms with Gasteiger partial charge in [0, 0.05) is 10.8 Å². The number of hydrogen-bond acceptors (Lipinski definition) is 5. The molecule has 0 spiro atoms. The summed E-state index contributed by atoms with van der Waals surface area (Å²) in [6.07, 6.45) is 0. The van der Waals surface area contributed by atoms with Crippen LogP contribution in [0, 0.1) is 0 Å². The number of hydrogen-bond donors (Lipinski definition) is 0. The lowest BCUT2D eigenvalue weighted by Crippen LogP contribution is -2.28. The highest BCUT2D eigenvalue weighted by Crippen LogP contribution is 2.47. The second kappa shape index (κ2) is 7.78. The first kappa shape index (κ1) is 19.2. The van der Waals surface area contributed by atoms with E-state index in [4.69, 9.17) is 13.5 Å². The van der Waals surface area contributed by atoms with E-state index in [1.807, 2.05) is 48.5 Å². The summed E-state index contributed by atoms with van der Waals surface area (Å²) in [6.45, 7) is 0. The predicted molar refractivity (Wildman–Crippen MR) is 121 cm³/mol. The summed E-state index contributed by atoms with van der Waals surface area (Å²) in [5.74, 6) is 0.638. The molecule has 6 heteroatoms. The maximum atomic E-state index is 14.0. The molecule has 0 atom stereocenters. The zero-order valence-corrected chi connectivity index (χ0v) is 17.2. The van der Waals surface area contributed by atoms with Crippen molar-refractivity contribution in [3.63, 3.8) is 0 Å². The predicted octanol–water partition coefficient (Wildman–Crippen LogP) is 5.92. The van der Waals surface area contributed by atoms with E-state index in [2.05, 4.69) is 0 Å². The third-order valence-corrected chi connectivity index (χ3v) is 6.64. The van der Waals surface area contributed by atoms with Crippen LogP contribution in [0.3, 0.4) is 0 Å². The van der Waals surface area contributed by atoms with Crippen molar-refractivity contribution in [2.75, 3.05) is 0 Å². The largest absolute Gasteiger partial charge is 0.470 e. The van der Waals surface area contributed by atoms with Crippen LogP contribution < -0.4 is 20.0 Å². The van der Waals surface area contributed by atoms with Crippen molar-refractivity contribution in [2.24, 2.45) is 0 Å². The van der Waals surface area contributed by atoms with E-state index in [1.165, 1.54) is 6.07 Å².